The molecular weight excluding hydrogens is 829 g/mol. The third-order valence-corrected chi connectivity index (χ3v) is 11.4. The molecule has 57 heavy (non-hydrogen) atoms. The SMILES string of the molecule is O=C(/C=C/c1cccc(C(F)(F)F)c1)Nc1ccc(S(=O)(=O)Nc2nccs2)cc1.O=C(/C=C/c1cccc(F)c1)Nc1ccc(S(=O)(=O)Nc2nccs2)cc1. The molecule has 4 aromatic carbocycles. The number of amides is 2. The van der Waals surface area contributed by atoms with Crippen LogP contribution in [0.2, 0.25) is 0 Å². The van der Waals surface area contributed by atoms with E-state index in [0.717, 1.165) is 29.5 Å². The molecule has 0 atom stereocenters. The zero-order valence-electron chi connectivity index (χ0n) is 28.8. The van der Waals surface area contributed by atoms with Crippen molar-refractivity contribution in [2.75, 3.05) is 20.1 Å². The molecule has 0 saturated carbocycles. The van der Waals surface area contributed by atoms with E-state index in [2.05, 4.69) is 30.0 Å². The molecule has 0 spiro atoms. The van der Waals surface area contributed by atoms with Crippen LogP contribution >= 0.6 is 22.7 Å². The average molecular weight is 857 g/mol. The molecule has 0 unspecified atom stereocenters. The highest BCUT2D eigenvalue weighted by Gasteiger charge is 2.30. The number of halogens is 4. The minimum absolute atomic E-state index is 0.0183. The molecule has 294 valence electrons. The first-order valence-electron chi connectivity index (χ1n) is 16.0. The lowest BCUT2D eigenvalue weighted by Gasteiger charge is -2.07. The van der Waals surface area contributed by atoms with Crippen molar-refractivity contribution in [3.8, 4) is 0 Å². The normalized spacial score (nSPS) is 11.8. The molecule has 6 rings (SSSR count). The van der Waals surface area contributed by atoms with Crippen molar-refractivity contribution < 1.29 is 44.0 Å². The number of thiazole rings is 2. The number of hydrogen-bond acceptors (Lipinski definition) is 10. The summed E-state index contributed by atoms with van der Waals surface area (Å²) < 4.78 is 105. The number of aromatic nitrogens is 2. The highest BCUT2D eigenvalue weighted by Crippen LogP contribution is 2.30. The van der Waals surface area contributed by atoms with Gasteiger partial charge in [-0.15, -0.1) is 22.7 Å². The van der Waals surface area contributed by atoms with E-state index in [4.69, 9.17) is 0 Å². The molecule has 2 aromatic heterocycles. The number of alkyl halides is 3. The van der Waals surface area contributed by atoms with Crippen molar-refractivity contribution in [1.82, 2.24) is 9.97 Å². The lowest BCUT2D eigenvalue weighted by atomic mass is 10.1. The quantitative estimate of drug-likeness (QED) is 0.0702. The van der Waals surface area contributed by atoms with E-state index in [-0.39, 0.29) is 31.4 Å². The number of nitrogens with one attached hydrogen (secondary N) is 4. The third-order valence-electron chi connectivity index (χ3n) is 7.09. The largest absolute Gasteiger partial charge is 0.416 e. The van der Waals surface area contributed by atoms with E-state index in [0.29, 0.717) is 16.9 Å². The monoisotopic (exact) mass is 856 g/mol. The lowest BCUT2D eigenvalue weighted by Crippen LogP contribution is -2.13. The predicted molar refractivity (Wildman–Crippen MR) is 212 cm³/mol. The van der Waals surface area contributed by atoms with Crippen LogP contribution < -0.4 is 20.1 Å². The summed E-state index contributed by atoms with van der Waals surface area (Å²) in [4.78, 5) is 31.7. The van der Waals surface area contributed by atoms with E-state index < -0.39 is 43.6 Å². The maximum Gasteiger partial charge on any atom is 0.416 e. The fourth-order valence-corrected chi connectivity index (χ4v) is 8.05. The van der Waals surface area contributed by atoms with Crippen molar-refractivity contribution >= 4 is 88.3 Å². The Bertz CT molecular complexity index is 2580. The first-order chi connectivity index (χ1) is 27.1. The van der Waals surface area contributed by atoms with Gasteiger partial charge >= 0.3 is 6.18 Å². The number of hydrogen-bond donors (Lipinski definition) is 4. The molecule has 2 heterocycles. The standard InChI is InChI=1S/C19H14F3N3O3S2.C18H14FN3O3S2/c20-19(21,22)14-3-1-2-13(12-14)4-9-17(26)24-15-5-7-16(8-6-15)30(27,28)25-18-23-10-11-29-18;19-14-3-1-2-13(12-14)4-9-17(23)21-15-5-7-16(8-6-15)27(24,25)22-18-20-10-11-26-18/h1-12H,(H,23,25)(H,24,26);1-12H,(H,20,22)(H,21,23)/b2*9-4+. The topological polar surface area (TPSA) is 176 Å². The second kappa shape index (κ2) is 18.6. The average Bonchev–Trinajstić information content (AvgIpc) is 3.88. The molecule has 20 heteroatoms. The van der Waals surface area contributed by atoms with Crippen LogP contribution in [0.4, 0.5) is 39.2 Å². The maximum absolute atomic E-state index is 13.1. The number of carbonyl (C=O) groups is 2. The van der Waals surface area contributed by atoms with Gasteiger partial charge in [0.05, 0.1) is 15.4 Å². The van der Waals surface area contributed by atoms with Crippen LogP contribution in [0.15, 0.2) is 142 Å². The van der Waals surface area contributed by atoms with Crippen LogP contribution in [0, 0.1) is 5.82 Å². The van der Waals surface area contributed by atoms with Crippen LogP contribution in [0.25, 0.3) is 12.2 Å². The van der Waals surface area contributed by atoms with Gasteiger partial charge in [-0.1, -0.05) is 24.3 Å². The molecule has 0 aliphatic rings. The number of nitrogens with zero attached hydrogens (tertiary/aromatic N) is 2. The van der Waals surface area contributed by atoms with Gasteiger partial charge in [0.1, 0.15) is 5.82 Å². The van der Waals surface area contributed by atoms with Crippen molar-refractivity contribution in [2.45, 2.75) is 16.0 Å². The van der Waals surface area contributed by atoms with Crippen LogP contribution in [-0.2, 0) is 35.8 Å². The molecule has 6 aromatic rings. The van der Waals surface area contributed by atoms with Crippen molar-refractivity contribution in [2.24, 2.45) is 0 Å². The first-order valence-corrected chi connectivity index (χ1v) is 20.7. The Kier molecular flexibility index (Phi) is 13.7. The van der Waals surface area contributed by atoms with Crippen molar-refractivity contribution in [1.29, 1.82) is 0 Å². The first kappa shape index (κ1) is 41.9. The van der Waals surface area contributed by atoms with Gasteiger partial charge in [0.15, 0.2) is 10.3 Å². The molecular formula is C37H28F4N6O6S4. The highest BCUT2D eigenvalue weighted by molar-refractivity contribution is 7.93. The zero-order valence-corrected chi connectivity index (χ0v) is 32.1. The Balaban J connectivity index is 0.000000219. The van der Waals surface area contributed by atoms with E-state index in [1.165, 1.54) is 115 Å². The molecule has 0 aliphatic heterocycles. The maximum atomic E-state index is 13.1. The summed E-state index contributed by atoms with van der Waals surface area (Å²) >= 11 is 2.30. The van der Waals surface area contributed by atoms with Gasteiger partial charge in [-0.3, -0.25) is 19.0 Å². The van der Waals surface area contributed by atoms with Gasteiger partial charge in [0.25, 0.3) is 20.0 Å². The van der Waals surface area contributed by atoms with Crippen molar-refractivity contribution in [3.05, 3.63) is 155 Å². The molecule has 4 N–H and O–H groups in total. The van der Waals surface area contributed by atoms with Gasteiger partial charge < -0.3 is 10.6 Å². The van der Waals surface area contributed by atoms with E-state index in [1.54, 1.807) is 22.9 Å². The predicted octanol–water partition coefficient (Wildman–Crippen LogP) is 8.35. The number of anilines is 4. The van der Waals surface area contributed by atoms with Crippen LogP contribution in [0.1, 0.15) is 16.7 Å². The van der Waals surface area contributed by atoms with Gasteiger partial charge in [0.2, 0.25) is 11.8 Å². The Morgan fingerprint density at radius 2 is 1.05 bits per heavy atom. The van der Waals surface area contributed by atoms with Crippen molar-refractivity contribution in [3.63, 3.8) is 0 Å². The fourth-order valence-electron chi connectivity index (χ4n) is 4.47. The van der Waals surface area contributed by atoms with E-state index >= 15 is 0 Å². The summed E-state index contributed by atoms with van der Waals surface area (Å²) in [5, 5.41) is 8.90. The molecule has 0 radical (unpaired) electrons. The van der Waals surface area contributed by atoms with Gasteiger partial charge in [-0.25, -0.2) is 31.2 Å². The van der Waals surface area contributed by atoms with Gasteiger partial charge in [0, 0.05) is 46.7 Å². The number of carbonyl (C=O) groups excluding carboxylic acids is 2. The number of sulfonamides is 2. The highest BCUT2D eigenvalue weighted by atomic mass is 32.2. The summed E-state index contributed by atoms with van der Waals surface area (Å²) in [6, 6.07) is 21.5. The Hall–Kier alpha value is -6.22. The summed E-state index contributed by atoms with van der Waals surface area (Å²) in [6.45, 7) is 0. The van der Waals surface area contributed by atoms with Gasteiger partial charge in [-0.2, -0.15) is 13.2 Å². The third kappa shape index (κ3) is 12.9. The van der Waals surface area contributed by atoms with Crippen LogP contribution in [0.3, 0.4) is 0 Å². The van der Waals surface area contributed by atoms with Crippen LogP contribution in [0.5, 0.6) is 0 Å². The summed E-state index contributed by atoms with van der Waals surface area (Å²) in [7, 11) is -7.55. The fraction of sp³-hybridized carbons (Fsp3) is 0.0270. The lowest BCUT2D eigenvalue weighted by molar-refractivity contribution is -0.137. The smallest absolute Gasteiger partial charge is 0.323 e. The number of rotatable bonds is 12. The molecule has 0 fully saturated rings. The van der Waals surface area contributed by atoms with E-state index in [1.807, 2.05) is 0 Å². The zero-order chi connectivity index (χ0) is 41.1. The molecule has 0 bridgehead atoms. The van der Waals surface area contributed by atoms with Gasteiger partial charge in [-0.05, 0) is 96.1 Å². The minimum atomic E-state index is -4.47. The summed E-state index contributed by atoms with van der Waals surface area (Å²) in [5.74, 6) is -1.39. The summed E-state index contributed by atoms with van der Waals surface area (Å²) in [5.41, 5.74) is 0.710. The molecule has 2 amide bonds. The minimum Gasteiger partial charge on any atom is -0.323 e. The van der Waals surface area contributed by atoms with E-state index in [9.17, 15) is 44.0 Å². The molecule has 12 nitrogen and oxygen atoms in total. The second-order valence-electron chi connectivity index (χ2n) is 11.3. The molecule has 0 saturated heterocycles. The molecule has 0 aliphatic carbocycles. The van der Waals surface area contributed by atoms with Crippen LogP contribution in [-0.4, -0.2) is 38.6 Å². The Morgan fingerprint density at radius 1 is 0.614 bits per heavy atom. The number of benzene rings is 4. The Labute approximate surface area is 331 Å². The Morgan fingerprint density at radius 3 is 1.46 bits per heavy atom. The second-order valence-corrected chi connectivity index (χ2v) is 16.4. The summed E-state index contributed by atoms with van der Waals surface area (Å²) in [6.07, 6.45) is 3.58.